The van der Waals surface area contributed by atoms with Gasteiger partial charge >= 0.3 is 0 Å². The number of nitrogens with zero attached hydrogens (tertiary/aromatic N) is 1. The number of hydrogen-bond acceptors (Lipinski definition) is 3. The van der Waals surface area contributed by atoms with Gasteiger partial charge in [-0.1, -0.05) is 54.1 Å². The topological polar surface area (TPSA) is 58.6 Å². The molecule has 3 aromatic rings. The number of fused-ring (bicyclic) bond motifs is 1. The Morgan fingerprint density at radius 2 is 1.73 bits per heavy atom. The first-order valence-electron chi connectivity index (χ1n) is 9.64. The third-order valence-electron chi connectivity index (χ3n) is 5.25. The predicted molar refractivity (Wildman–Crippen MR) is 117 cm³/mol. The maximum Gasteiger partial charge on any atom is 0.256 e. The summed E-state index contributed by atoms with van der Waals surface area (Å²) in [5, 5.41) is 3.29. The van der Waals surface area contributed by atoms with Gasteiger partial charge in [0.25, 0.3) is 5.91 Å². The second kappa shape index (κ2) is 8.59. The average Bonchev–Trinajstić information content (AvgIpc) is 2.78. The molecule has 0 spiro atoms. The highest BCUT2D eigenvalue weighted by Crippen LogP contribution is 2.28. The van der Waals surface area contributed by atoms with Gasteiger partial charge in [-0.15, -0.1) is 0 Å². The van der Waals surface area contributed by atoms with E-state index < -0.39 is 6.04 Å². The molecule has 3 aromatic carbocycles. The van der Waals surface area contributed by atoms with Gasteiger partial charge in [0.1, 0.15) is 11.8 Å². The van der Waals surface area contributed by atoms with Crippen molar-refractivity contribution in [1.82, 2.24) is 4.90 Å². The van der Waals surface area contributed by atoms with Crippen LogP contribution in [0.4, 0.5) is 5.69 Å². The van der Waals surface area contributed by atoms with Crippen LogP contribution in [0.3, 0.4) is 0 Å². The van der Waals surface area contributed by atoms with Crippen LogP contribution in [-0.2, 0) is 17.8 Å². The van der Waals surface area contributed by atoms with Crippen LogP contribution in [0.15, 0.2) is 72.8 Å². The van der Waals surface area contributed by atoms with Crippen molar-refractivity contribution in [3.05, 3.63) is 94.5 Å². The second-order valence-corrected chi connectivity index (χ2v) is 7.53. The summed E-state index contributed by atoms with van der Waals surface area (Å²) in [6.45, 7) is 0.344. The Hall–Kier alpha value is -3.31. The Labute approximate surface area is 180 Å². The monoisotopic (exact) mass is 420 g/mol. The summed E-state index contributed by atoms with van der Waals surface area (Å²) in [5.41, 5.74) is 3.09. The second-order valence-electron chi connectivity index (χ2n) is 7.12. The molecule has 152 valence electrons. The first-order chi connectivity index (χ1) is 14.6. The highest BCUT2D eigenvalue weighted by Gasteiger charge is 2.35. The van der Waals surface area contributed by atoms with Crippen LogP contribution in [0.25, 0.3) is 0 Å². The van der Waals surface area contributed by atoms with Gasteiger partial charge in [-0.2, -0.15) is 0 Å². The molecule has 5 nitrogen and oxygen atoms in total. The zero-order valence-electron chi connectivity index (χ0n) is 16.5. The molecule has 1 aliphatic heterocycles. The minimum absolute atomic E-state index is 0.252. The Balaban J connectivity index is 1.66. The molecule has 0 radical (unpaired) electrons. The normalized spacial score (nSPS) is 15.3. The minimum Gasteiger partial charge on any atom is -0.497 e. The largest absolute Gasteiger partial charge is 0.497 e. The van der Waals surface area contributed by atoms with Crippen LogP contribution in [-0.4, -0.2) is 29.9 Å². The average molecular weight is 421 g/mol. The maximum absolute atomic E-state index is 13.3. The number of amides is 2. The van der Waals surface area contributed by atoms with Crippen LogP contribution >= 0.6 is 11.6 Å². The van der Waals surface area contributed by atoms with Crippen molar-refractivity contribution in [2.24, 2.45) is 0 Å². The van der Waals surface area contributed by atoms with Crippen molar-refractivity contribution in [3.8, 4) is 5.75 Å². The summed E-state index contributed by atoms with van der Waals surface area (Å²) in [5.74, 6) is 0.129. The van der Waals surface area contributed by atoms with E-state index in [0.717, 1.165) is 11.1 Å². The van der Waals surface area contributed by atoms with E-state index in [9.17, 15) is 9.59 Å². The van der Waals surface area contributed by atoms with E-state index in [1.54, 1.807) is 60.5 Å². The molecule has 1 aliphatic rings. The van der Waals surface area contributed by atoms with E-state index in [0.29, 0.717) is 35.0 Å². The quantitative estimate of drug-likeness (QED) is 0.673. The first-order valence-corrected chi connectivity index (χ1v) is 10.0. The Morgan fingerprint density at radius 1 is 1.00 bits per heavy atom. The molecule has 0 aromatic heterocycles. The van der Waals surface area contributed by atoms with Gasteiger partial charge in [-0.25, -0.2) is 0 Å². The standard InChI is InChI=1S/C24H21ClN2O3/c1-30-19-10-6-9-18(14-19)26-23(28)22-13-16-7-2-3-8-17(16)15-27(22)24(29)20-11-4-5-12-21(20)25/h2-12,14,22H,13,15H2,1H3,(H,26,28). The lowest BCUT2D eigenvalue weighted by Gasteiger charge is -2.36. The number of nitrogens with one attached hydrogen (secondary N) is 1. The molecule has 0 aliphatic carbocycles. The summed E-state index contributed by atoms with van der Waals surface area (Å²) in [6.07, 6.45) is 0.433. The lowest BCUT2D eigenvalue weighted by atomic mass is 9.92. The van der Waals surface area contributed by atoms with Crippen LogP contribution in [0.5, 0.6) is 5.75 Å². The number of carbonyl (C=O) groups is 2. The maximum atomic E-state index is 13.3. The molecule has 6 heteroatoms. The molecular weight excluding hydrogens is 400 g/mol. The van der Waals surface area contributed by atoms with E-state index in [4.69, 9.17) is 16.3 Å². The molecule has 2 amide bonds. The predicted octanol–water partition coefficient (Wildman–Crippen LogP) is 4.55. The van der Waals surface area contributed by atoms with Gasteiger partial charge in [0.2, 0.25) is 5.91 Å². The number of halogens is 1. The molecule has 0 saturated carbocycles. The van der Waals surface area contributed by atoms with Gasteiger partial charge < -0.3 is 15.0 Å². The molecular formula is C24H21ClN2O3. The Morgan fingerprint density at radius 3 is 2.50 bits per heavy atom. The van der Waals surface area contributed by atoms with Crippen molar-refractivity contribution in [3.63, 3.8) is 0 Å². The molecule has 1 atom stereocenters. The van der Waals surface area contributed by atoms with Crippen LogP contribution in [0, 0.1) is 0 Å². The summed E-state index contributed by atoms with van der Waals surface area (Å²) in [7, 11) is 1.57. The Kier molecular flexibility index (Phi) is 5.72. The lowest BCUT2D eigenvalue weighted by Crippen LogP contribution is -2.50. The molecule has 0 bridgehead atoms. The van der Waals surface area contributed by atoms with Gasteiger partial charge in [0.05, 0.1) is 17.7 Å². The number of carbonyl (C=O) groups excluding carboxylic acids is 2. The number of methoxy groups -OCH3 is 1. The van der Waals surface area contributed by atoms with Crippen molar-refractivity contribution < 1.29 is 14.3 Å². The number of rotatable bonds is 4. The lowest BCUT2D eigenvalue weighted by molar-refractivity contribution is -0.121. The summed E-state index contributed by atoms with van der Waals surface area (Å²) >= 11 is 6.27. The van der Waals surface area contributed by atoms with Crippen molar-refractivity contribution in [1.29, 1.82) is 0 Å². The fourth-order valence-electron chi connectivity index (χ4n) is 3.69. The zero-order valence-corrected chi connectivity index (χ0v) is 17.2. The molecule has 30 heavy (non-hydrogen) atoms. The number of anilines is 1. The van der Waals surface area contributed by atoms with Gasteiger partial charge in [-0.05, 0) is 35.4 Å². The van der Waals surface area contributed by atoms with E-state index >= 15 is 0 Å². The molecule has 0 saturated heterocycles. The van der Waals surface area contributed by atoms with Crippen molar-refractivity contribution in [2.45, 2.75) is 19.0 Å². The van der Waals surface area contributed by atoms with Crippen molar-refractivity contribution in [2.75, 3.05) is 12.4 Å². The van der Waals surface area contributed by atoms with Crippen LogP contribution in [0.1, 0.15) is 21.5 Å². The van der Waals surface area contributed by atoms with Gasteiger partial charge in [-0.3, -0.25) is 9.59 Å². The van der Waals surface area contributed by atoms with E-state index in [1.165, 1.54) is 0 Å². The van der Waals surface area contributed by atoms with Crippen LogP contribution < -0.4 is 10.1 Å². The van der Waals surface area contributed by atoms with Crippen molar-refractivity contribution >= 4 is 29.1 Å². The third-order valence-corrected chi connectivity index (χ3v) is 5.58. The van der Waals surface area contributed by atoms with Crippen LogP contribution in [0.2, 0.25) is 5.02 Å². The van der Waals surface area contributed by atoms with E-state index in [2.05, 4.69) is 5.32 Å². The van der Waals surface area contributed by atoms with Gasteiger partial charge in [0, 0.05) is 24.7 Å². The first kappa shape index (κ1) is 20.0. The highest BCUT2D eigenvalue weighted by molar-refractivity contribution is 6.33. The molecule has 1 heterocycles. The highest BCUT2D eigenvalue weighted by atomic mass is 35.5. The number of ether oxygens (including phenoxy) is 1. The Bertz CT molecular complexity index is 1100. The van der Waals surface area contributed by atoms with E-state index in [-0.39, 0.29) is 11.8 Å². The summed E-state index contributed by atoms with van der Waals surface area (Å²) in [6, 6.07) is 21.3. The number of benzene rings is 3. The van der Waals surface area contributed by atoms with E-state index in [1.807, 2.05) is 24.3 Å². The molecule has 0 fully saturated rings. The smallest absolute Gasteiger partial charge is 0.256 e. The number of hydrogen-bond donors (Lipinski definition) is 1. The minimum atomic E-state index is -0.658. The fourth-order valence-corrected chi connectivity index (χ4v) is 3.90. The summed E-state index contributed by atoms with van der Waals surface area (Å²) in [4.78, 5) is 28.2. The fraction of sp³-hybridized carbons (Fsp3) is 0.167. The zero-order chi connectivity index (χ0) is 21.1. The molecule has 1 unspecified atom stereocenters. The van der Waals surface area contributed by atoms with Gasteiger partial charge in [0.15, 0.2) is 0 Å². The summed E-state index contributed by atoms with van der Waals surface area (Å²) < 4.78 is 5.23. The molecule has 4 rings (SSSR count). The molecule has 1 N–H and O–H groups in total. The third kappa shape index (κ3) is 4.02. The SMILES string of the molecule is COc1cccc(NC(=O)C2Cc3ccccc3CN2C(=O)c2ccccc2Cl)c1.